The lowest BCUT2D eigenvalue weighted by molar-refractivity contribution is -0.968. The van der Waals surface area contributed by atoms with E-state index < -0.39 is 16.3 Å². The highest BCUT2D eigenvalue weighted by Crippen LogP contribution is 2.44. The quantitative estimate of drug-likeness (QED) is 0.270. The minimum Gasteiger partial charge on any atom is -1.00 e. The van der Waals surface area contributed by atoms with Crippen molar-refractivity contribution < 1.29 is 53.6 Å². The van der Waals surface area contributed by atoms with E-state index in [0.717, 1.165) is 22.9 Å². The summed E-state index contributed by atoms with van der Waals surface area (Å²) in [5.41, 5.74) is 0.826. The molecular weight excluding hydrogens is 478 g/mol. The third kappa shape index (κ3) is 6.73. The number of fused-ring (bicyclic) bond motifs is 2. The number of benzene rings is 1. The molecule has 3 unspecified atom stereocenters. The maximum Gasteiger partial charge on any atom is 0.394 e. The Labute approximate surface area is 189 Å². The van der Waals surface area contributed by atoms with E-state index in [1.165, 1.54) is 12.8 Å². The molecule has 0 aliphatic carbocycles. The van der Waals surface area contributed by atoms with Crippen LogP contribution < -0.4 is 17.0 Å². The van der Waals surface area contributed by atoms with Crippen molar-refractivity contribution in [3.63, 3.8) is 0 Å². The van der Waals surface area contributed by atoms with Crippen LogP contribution in [0.4, 0.5) is 0 Å². The first-order valence-electron chi connectivity index (χ1n) is 9.88. The molecule has 1 aromatic carbocycles. The predicted octanol–water partition coefficient (Wildman–Crippen LogP) is -0.795. The van der Waals surface area contributed by atoms with Gasteiger partial charge in [-0.3, -0.25) is 13.9 Å². The number of esters is 1. The Morgan fingerprint density at radius 1 is 1.13 bits per heavy atom. The van der Waals surface area contributed by atoms with Crippen molar-refractivity contribution in [1.29, 1.82) is 0 Å². The molecule has 2 saturated heterocycles. The van der Waals surface area contributed by atoms with Crippen molar-refractivity contribution >= 4 is 16.4 Å². The van der Waals surface area contributed by atoms with Crippen LogP contribution in [0.1, 0.15) is 51.0 Å². The highest BCUT2D eigenvalue weighted by atomic mass is 79.9. The van der Waals surface area contributed by atoms with Crippen molar-refractivity contribution in [3.05, 3.63) is 35.9 Å². The molecule has 0 spiro atoms. The topological polar surface area (TPSA) is 121 Å². The maximum atomic E-state index is 12.6. The highest BCUT2D eigenvalue weighted by molar-refractivity contribution is 7.79. The first-order valence-corrected chi connectivity index (χ1v) is 11.3. The van der Waals surface area contributed by atoms with Gasteiger partial charge in [0.1, 0.15) is 12.0 Å². The van der Waals surface area contributed by atoms with E-state index in [9.17, 15) is 9.90 Å². The monoisotopic (exact) mass is 509 g/mol. The number of hydrogen-bond acceptors (Lipinski definition) is 5. The lowest BCUT2D eigenvalue weighted by Crippen LogP contribution is -3.00. The predicted molar refractivity (Wildman–Crippen MR) is 108 cm³/mol. The number of halogens is 1. The van der Waals surface area contributed by atoms with Gasteiger partial charge < -0.3 is 31.3 Å². The number of quaternary nitrogens is 1. The first kappa shape index (κ1) is 27.0. The van der Waals surface area contributed by atoms with E-state index >= 15 is 0 Å². The molecule has 3 atom stereocenters. The number of nitrogens with zero attached hydrogens (tertiary/aromatic N) is 1. The van der Waals surface area contributed by atoms with Crippen LogP contribution in [0.5, 0.6) is 0 Å². The molecule has 3 rings (SSSR count). The Balaban J connectivity index is 0.000000674. The van der Waals surface area contributed by atoms with E-state index in [1.807, 2.05) is 30.3 Å². The Kier molecular flexibility index (Phi) is 9.91. The second-order valence-corrected chi connectivity index (χ2v) is 9.22. The van der Waals surface area contributed by atoms with Crippen LogP contribution in [0.25, 0.3) is 0 Å². The van der Waals surface area contributed by atoms with E-state index in [0.29, 0.717) is 18.1 Å². The van der Waals surface area contributed by atoms with E-state index in [1.54, 1.807) is 0 Å². The van der Waals surface area contributed by atoms with Crippen LogP contribution in [0.2, 0.25) is 0 Å². The molecule has 0 radical (unpaired) electrons. The largest absolute Gasteiger partial charge is 1.00 e. The smallest absolute Gasteiger partial charge is 0.394 e. The first-order chi connectivity index (χ1) is 13.5. The molecule has 2 fully saturated rings. The van der Waals surface area contributed by atoms with Gasteiger partial charge in [-0.1, -0.05) is 30.3 Å². The van der Waals surface area contributed by atoms with Gasteiger partial charge in [0.25, 0.3) is 0 Å². The zero-order valence-electron chi connectivity index (χ0n) is 17.5. The van der Waals surface area contributed by atoms with Gasteiger partial charge in [0.05, 0.1) is 31.8 Å². The molecule has 2 aliphatic rings. The summed E-state index contributed by atoms with van der Waals surface area (Å²) in [5.74, 6) is -0.856. The number of carbonyl (C=O) groups is 1. The molecule has 2 bridgehead atoms. The third-order valence-corrected chi connectivity index (χ3v) is 6.54. The lowest BCUT2D eigenvalue weighted by Gasteiger charge is -2.49. The standard InChI is InChI=1S/C20H30NO3.BrH.H2O4S/c1-14(2)21(3)16-9-10-17(21)12-18(11-16)24-20(23)19(13-22)15-7-5-4-6-8-15;;1-5(2,3)4/h4-8,14,16-19,22H,9-13H2,1-3H3;1H;(H2,1,2,3,4)/q+1;;/p-1. The molecule has 2 heterocycles. The number of carbonyl (C=O) groups excluding carboxylic acids is 1. The average molecular weight is 510 g/mol. The van der Waals surface area contributed by atoms with Crippen LogP contribution in [-0.4, -0.2) is 71.0 Å². The summed E-state index contributed by atoms with van der Waals surface area (Å²) in [4.78, 5) is 12.6. The number of piperidine rings is 1. The lowest BCUT2D eigenvalue weighted by atomic mass is 9.94. The van der Waals surface area contributed by atoms with Crippen LogP contribution in [-0.2, 0) is 19.9 Å². The zero-order chi connectivity index (χ0) is 21.8. The van der Waals surface area contributed by atoms with Gasteiger partial charge in [-0.05, 0) is 19.4 Å². The summed E-state index contributed by atoms with van der Waals surface area (Å²) in [6.45, 7) is 4.39. The van der Waals surface area contributed by atoms with Gasteiger partial charge in [0.15, 0.2) is 0 Å². The molecule has 8 nitrogen and oxygen atoms in total. The minimum atomic E-state index is -4.67. The van der Waals surface area contributed by atoms with Gasteiger partial charge >= 0.3 is 16.4 Å². The van der Waals surface area contributed by atoms with Crippen molar-refractivity contribution in [2.45, 2.75) is 69.7 Å². The normalized spacial score (nSPS) is 28.7. The van der Waals surface area contributed by atoms with Crippen molar-refractivity contribution in [2.24, 2.45) is 0 Å². The average Bonchev–Trinajstić information content (AvgIpc) is 2.79. The van der Waals surface area contributed by atoms with E-state index in [-0.39, 0.29) is 35.7 Å². The Morgan fingerprint density at radius 2 is 1.60 bits per heavy atom. The molecule has 172 valence electrons. The summed E-state index contributed by atoms with van der Waals surface area (Å²) in [5, 5.41) is 9.65. The summed E-state index contributed by atoms with van der Waals surface area (Å²) in [6.07, 6.45) is 4.36. The Hall–Kier alpha value is -1.04. The molecule has 1 aromatic rings. The maximum absolute atomic E-state index is 12.6. The summed E-state index contributed by atoms with van der Waals surface area (Å²) in [6, 6.07) is 11.2. The molecule has 0 amide bonds. The van der Waals surface area contributed by atoms with E-state index in [2.05, 4.69) is 20.9 Å². The number of rotatable bonds is 5. The summed E-state index contributed by atoms with van der Waals surface area (Å²) in [7, 11) is -2.30. The highest BCUT2D eigenvalue weighted by Gasteiger charge is 2.53. The number of aliphatic hydroxyl groups excluding tert-OH is 1. The zero-order valence-corrected chi connectivity index (χ0v) is 19.9. The molecule has 10 heteroatoms. The van der Waals surface area contributed by atoms with Gasteiger partial charge in [-0.2, -0.15) is 8.42 Å². The van der Waals surface area contributed by atoms with Gasteiger partial charge in [0.2, 0.25) is 0 Å². The number of ether oxygens (including phenoxy) is 1. The Bertz CT molecular complexity index is 766. The van der Waals surface area contributed by atoms with Crippen molar-refractivity contribution in [1.82, 2.24) is 0 Å². The second-order valence-electron chi connectivity index (χ2n) is 8.32. The fourth-order valence-electron chi connectivity index (χ4n) is 4.82. The minimum absolute atomic E-state index is 0. The fraction of sp³-hybridized carbons (Fsp3) is 0.650. The van der Waals surface area contributed by atoms with Crippen LogP contribution in [0.3, 0.4) is 0 Å². The summed E-state index contributed by atoms with van der Waals surface area (Å²) >= 11 is 0. The number of aliphatic hydroxyl groups is 1. The third-order valence-electron chi connectivity index (χ3n) is 6.54. The fourth-order valence-corrected chi connectivity index (χ4v) is 4.82. The molecule has 3 N–H and O–H groups in total. The molecule has 0 aromatic heterocycles. The second kappa shape index (κ2) is 11.0. The molecule has 30 heavy (non-hydrogen) atoms. The van der Waals surface area contributed by atoms with Crippen LogP contribution in [0, 0.1) is 0 Å². The SMILES string of the molecule is CC(C)[N+]1(C)C2CCC1CC(OC(=O)C(CO)c1ccccc1)C2.O=S(=O)(O)O.[Br-]. The van der Waals surface area contributed by atoms with Crippen molar-refractivity contribution in [3.8, 4) is 0 Å². The van der Waals surface area contributed by atoms with Gasteiger partial charge in [-0.25, -0.2) is 0 Å². The Morgan fingerprint density at radius 3 is 2.00 bits per heavy atom. The van der Waals surface area contributed by atoms with Crippen molar-refractivity contribution in [2.75, 3.05) is 13.7 Å². The molecular formula is C20H32BrNO7S. The van der Waals surface area contributed by atoms with Gasteiger partial charge in [0, 0.05) is 25.7 Å². The van der Waals surface area contributed by atoms with Gasteiger partial charge in [-0.15, -0.1) is 0 Å². The van der Waals surface area contributed by atoms with Crippen LogP contribution in [0.15, 0.2) is 30.3 Å². The summed E-state index contributed by atoms with van der Waals surface area (Å²) < 4.78 is 38.5. The molecule has 0 saturated carbocycles. The van der Waals surface area contributed by atoms with Crippen LogP contribution >= 0.6 is 0 Å². The van der Waals surface area contributed by atoms with E-state index in [4.69, 9.17) is 22.3 Å². The molecule has 2 aliphatic heterocycles. The number of hydrogen-bond donors (Lipinski definition) is 3.